The molecule has 1 saturated heterocycles. The number of hydrogen-bond donors (Lipinski definition) is 1. The molecule has 3 aromatic rings. The van der Waals surface area contributed by atoms with Crippen LogP contribution in [0.2, 0.25) is 0 Å². The quantitative estimate of drug-likeness (QED) is 0.674. The number of nitrogen functional groups attached to an aromatic ring is 1. The fraction of sp³-hybridized carbons (Fsp3) is 0.273. The van der Waals surface area contributed by atoms with Gasteiger partial charge in [0.15, 0.2) is 9.84 Å². The van der Waals surface area contributed by atoms with Crippen LogP contribution in [0.1, 0.15) is 18.4 Å². The summed E-state index contributed by atoms with van der Waals surface area (Å²) in [5.74, 6) is 0.165. The first-order valence-corrected chi connectivity index (χ1v) is 11.6. The van der Waals surface area contributed by atoms with Gasteiger partial charge in [0, 0.05) is 18.2 Å². The van der Waals surface area contributed by atoms with E-state index >= 15 is 0 Å². The van der Waals surface area contributed by atoms with Crippen LogP contribution in [0.25, 0.3) is 10.9 Å². The number of nitrogens with zero attached hydrogens (tertiary/aromatic N) is 2. The van der Waals surface area contributed by atoms with Crippen LogP contribution in [-0.2, 0) is 25.9 Å². The van der Waals surface area contributed by atoms with E-state index in [0.717, 1.165) is 23.6 Å². The van der Waals surface area contributed by atoms with Gasteiger partial charge in [-0.1, -0.05) is 24.3 Å². The maximum atomic E-state index is 13.3. The van der Waals surface area contributed by atoms with Crippen molar-refractivity contribution in [1.29, 1.82) is 0 Å². The third kappa shape index (κ3) is 4.15. The van der Waals surface area contributed by atoms with Crippen molar-refractivity contribution < 1.29 is 17.9 Å². The van der Waals surface area contributed by atoms with Crippen LogP contribution < -0.4 is 10.6 Å². The molecule has 1 aromatic heterocycles. The fourth-order valence-electron chi connectivity index (χ4n) is 3.68. The maximum Gasteiger partial charge on any atom is 0.256 e. The monoisotopic (exact) mass is 425 g/mol. The molecule has 0 aliphatic carbocycles. The molecule has 156 valence electrons. The number of rotatable bonds is 5. The average Bonchev–Trinajstić information content (AvgIpc) is 3.25. The Hall–Kier alpha value is -2.97. The normalized spacial score (nSPS) is 16.6. The summed E-state index contributed by atoms with van der Waals surface area (Å²) in [5, 5.41) is 0.932. The molecule has 0 bridgehead atoms. The molecule has 1 aliphatic heterocycles. The predicted octanol–water partition coefficient (Wildman–Crippen LogP) is 2.93. The van der Waals surface area contributed by atoms with Crippen LogP contribution >= 0.6 is 0 Å². The first kappa shape index (κ1) is 20.3. The number of para-hydroxylation sites is 1. The first-order chi connectivity index (χ1) is 14.3. The van der Waals surface area contributed by atoms with Gasteiger partial charge >= 0.3 is 0 Å². The fourth-order valence-corrected chi connectivity index (χ4v) is 4.57. The molecule has 30 heavy (non-hydrogen) atoms. The zero-order valence-electron chi connectivity index (χ0n) is 16.6. The summed E-state index contributed by atoms with van der Waals surface area (Å²) in [6, 6.07) is 15.8. The van der Waals surface area contributed by atoms with E-state index < -0.39 is 15.9 Å². The molecule has 1 unspecified atom stereocenters. The Bertz CT molecular complexity index is 1200. The molecule has 1 atom stereocenters. The van der Waals surface area contributed by atoms with Crippen molar-refractivity contribution in [2.75, 3.05) is 23.5 Å². The Kier molecular flexibility index (Phi) is 5.44. The summed E-state index contributed by atoms with van der Waals surface area (Å²) in [6.07, 6.45) is 1.99. The number of pyridine rings is 1. The number of nitrogens with two attached hydrogens (primary N) is 1. The average molecular weight is 426 g/mol. The summed E-state index contributed by atoms with van der Waals surface area (Å²) in [6.45, 7) is 0.717. The van der Waals surface area contributed by atoms with Crippen molar-refractivity contribution in [3.63, 3.8) is 0 Å². The lowest BCUT2D eigenvalue weighted by Crippen LogP contribution is -2.39. The van der Waals surface area contributed by atoms with Crippen LogP contribution in [0.4, 0.5) is 11.5 Å². The Morgan fingerprint density at radius 1 is 1.20 bits per heavy atom. The van der Waals surface area contributed by atoms with Crippen molar-refractivity contribution in [2.45, 2.75) is 30.4 Å². The molecular weight excluding hydrogens is 402 g/mol. The van der Waals surface area contributed by atoms with Crippen molar-refractivity contribution >= 4 is 38.2 Å². The minimum absolute atomic E-state index is 0.111. The second-order valence-electron chi connectivity index (χ2n) is 7.43. The number of carbonyl (C=O) groups excluding carboxylic acids is 1. The third-order valence-corrected chi connectivity index (χ3v) is 6.29. The van der Waals surface area contributed by atoms with E-state index in [1.54, 1.807) is 24.3 Å². The number of ether oxygens (including phenoxy) is 1. The van der Waals surface area contributed by atoms with Gasteiger partial charge in [-0.15, -0.1) is 0 Å². The van der Waals surface area contributed by atoms with Crippen LogP contribution in [0.3, 0.4) is 0 Å². The molecule has 0 radical (unpaired) electrons. The zero-order valence-corrected chi connectivity index (χ0v) is 17.4. The number of carbonyl (C=O) groups is 1. The molecular formula is C22H23N3O4S. The summed E-state index contributed by atoms with van der Waals surface area (Å²) in [4.78, 5) is 19.3. The molecule has 4 rings (SSSR count). The van der Waals surface area contributed by atoms with Gasteiger partial charge in [-0.2, -0.15) is 0 Å². The first-order valence-electron chi connectivity index (χ1n) is 9.70. The number of fused-ring (bicyclic) bond motifs is 1. The number of benzene rings is 2. The second kappa shape index (κ2) is 8.04. The van der Waals surface area contributed by atoms with Gasteiger partial charge in [0.25, 0.3) is 5.91 Å². The summed E-state index contributed by atoms with van der Waals surface area (Å²) < 4.78 is 30.3. The minimum atomic E-state index is -3.53. The third-order valence-electron chi connectivity index (χ3n) is 5.15. The van der Waals surface area contributed by atoms with Crippen molar-refractivity contribution in [2.24, 2.45) is 0 Å². The number of anilines is 2. The van der Waals surface area contributed by atoms with E-state index in [9.17, 15) is 13.2 Å². The lowest BCUT2D eigenvalue weighted by Gasteiger charge is -2.27. The van der Waals surface area contributed by atoms with Gasteiger partial charge in [0.05, 0.1) is 22.6 Å². The minimum Gasteiger partial charge on any atom is -0.384 e. The highest BCUT2D eigenvalue weighted by molar-refractivity contribution is 7.90. The zero-order chi connectivity index (χ0) is 21.3. The smallest absolute Gasteiger partial charge is 0.256 e. The van der Waals surface area contributed by atoms with E-state index in [2.05, 4.69) is 4.98 Å². The summed E-state index contributed by atoms with van der Waals surface area (Å²) >= 11 is 0. The molecule has 2 aromatic carbocycles. The molecule has 0 spiro atoms. The SMILES string of the molecule is CS(=O)(=O)c1ccccc1N(Cc1ccc2ccc(N)nc2c1)C(=O)C1CCCO1. The number of hydrogen-bond acceptors (Lipinski definition) is 6. The molecule has 1 amide bonds. The van der Waals surface area contributed by atoms with E-state index in [4.69, 9.17) is 10.5 Å². The van der Waals surface area contributed by atoms with Crippen LogP contribution in [0.15, 0.2) is 59.5 Å². The highest BCUT2D eigenvalue weighted by Crippen LogP contribution is 2.29. The number of sulfone groups is 1. The molecule has 1 aliphatic rings. The molecule has 0 saturated carbocycles. The maximum absolute atomic E-state index is 13.3. The molecule has 1 fully saturated rings. The van der Waals surface area contributed by atoms with Crippen LogP contribution in [-0.4, -0.2) is 38.3 Å². The lowest BCUT2D eigenvalue weighted by atomic mass is 10.1. The van der Waals surface area contributed by atoms with E-state index in [1.807, 2.05) is 24.3 Å². The van der Waals surface area contributed by atoms with Crippen molar-refractivity contribution in [3.05, 3.63) is 60.2 Å². The summed E-state index contributed by atoms with van der Waals surface area (Å²) in [7, 11) is -3.53. The van der Waals surface area contributed by atoms with E-state index in [-0.39, 0.29) is 17.3 Å². The van der Waals surface area contributed by atoms with Gasteiger partial charge in [-0.25, -0.2) is 13.4 Å². The van der Waals surface area contributed by atoms with Gasteiger partial charge in [-0.3, -0.25) is 4.79 Å². The van der Waals surface area contributed by atoms with E-state index in [1.165, 1.54) is 11.0 Å². The Labute approximate surface area is 175 Å². The Balaban J connectivity index is 1.78. The van der Waals surface area contributed by atoms with Gasteiger partial charge in [0.1, 0.15) is 11.9 Å². The van der Waals surface area contributed by atoms with Crippen LogP contribution in [0, 0.1) is 0 Å². The molecule has 2 N–H and O–H groups in total. The number of amides is 1. The molecule has 2 heterocycles. The topological polar surface area (TPSA) is 103 Å². The van der Waals surface area contributed by atoms with Crippen molar-refractivity contribution in [3.8, 4) is 0 Å². The summed E-state index contributed by atoms with van der Waals surface area (Å²) in [5.41, 5.74) is 7.69. The lowest BCUT2D eigenvalue weighted by molar-refractivity contribution is -0.127. The largest absolute Gasteiger partial charge is 0.384 e. The number of aromatic nitrogens is 1. The molecule has 8 heteroatoms. The second-order valence-corrected chi connectivity index (χ2v) is 9.41. The van der Waals surface area contributed by atoms with E-state index in [0.29, 0.717) is 30.0 Å². The Morgan fingerprint density at radius 2 is 1.97 bits per heavy atom. The van der Waals surface area contributed by atoms with Crippen molar-refractivity contribution in [1.82, 2.24) is 4.98 Å². The molecule has 7 nitrogen and oxygen atoms in total. The Morgan fingerprint density at radius 3 is 2.70 bits per heavy atom. The van der Waals surface area contributed by atoms with Gasteiger partial charge in [0.2, 0.25) is 0 Å². The highest BCUT2D eigenvalue weighted by atomic mass is 32.2. The van der Waals surface area contributed by atoms with Gasteiger partial charge in [-0.05, 0) is 48.7 Å². The predicted molar refractivity (Wildman–Crippen MR) is 116 cm³/mol. The highest BCUT2D eigenvalue weighted by Gasteiger charge is 2.31. The van der Waals surface area contributed by atoms with Crippen LogP contribution in [0.5, 0.6) is 0 Å². The standard InChI is InChI=1S/C22H23N3O4S/c1-30(27,28)20-7-3-2-5-18(20)25(22(26)19-6-4-12-29-19)14-15-8-9-16-10-11-21(23)24-17(16)13-15/h2-3,5,7-11,13,19H,4,6,12,14H2,1H3,(H2,23,24). The van der Waals surface area contributed by atoms with Gasteiger partial charge < -0.3 is 15.4 Å².